The summed E-state index contributed by atoms with van der Waals surface area (Å²) in [6.45, 7) is 3.69. The number of hydrogen-bond donors (Lipinski definition) is 2. The van der Waals surface area contributed by atoms with E-state index in [2.05, 4.69) is 5.32 Å². The Morgan fingerprint density at radius 2 is 1.95 bits per heavy atom. The molecule has 3 heteroatoms. The molecule has 0 aliphatic heterocycles. The number of benzene rings is 2. The highest BCUT2D eigenvalue weighted by Gasteiger charge is 2.10. The molecule has 1 atom stereocenters. The van der Waals surface area contributed by atoms with Crippen LogP contribution in [0.5, 0.6) is 0 Å². The monoisotopic (exact) mass is 269 g/mol. The lowest BCUT2D eigenvalue weighted by Crippen LogP contribution is -2.16. The van der Waals surface area contributed by atoms with Crippen LogP contribution in [-0.2, 0) is 11.2 Å². The molecule has 0 aliphatic carbocycles. The summed E-state index contributed by atoms with van der Waals surface area (Å²) in [4.78, 5) is 12.1. The van der Waals surface area contributed by atoms with Crippen molar-refractivity contribution in [3.63, 3.8) is 0 Å². The Labute approximate surface area is 119 Å². The zero-order valence-corrected chi connectivity index (χ0v) is 11.8. The van der Waals surface area contributed by atoms with E-state index in [9.17, 15) is 9.90 Å². The van der Waals surface area contributed by atoms with Crippen molar-refractivity contribution >= 4 is 11.6 Å². The lowest BCUT2D eigenvalue weighted by atomic mass is 10.1. The Hall–Kier alpha value is -2.13. The Morgan fingerprint density at radius 3 is 2.65 bits per heavy atom. The molecular weight excluding hydrogens is 250 g/mol. The van der Waals surface area contributed by atoms with Gasteiger partial charge < -0.3 is 10.4 Å². The second kappa shape index (κ2) is 6.35. The van der Waals surface area contributed by atoms with Crippen molar-refractivity contribution in [2.45, 2.75) is 26.4 Å². The number of aliphatic hydroxyl groups is 1. The summed E-state index contributed by atoms with van der Waals surface area (Å²) < 4.78 is 0. The molecular formula is C17H19NO2. The third kappa shape index (κ3) is 3.68. The first-order valence-corrected chi connectivity index (χ1v) is 6.68. The lowest BCUT2D eigenvalue weighted by molar-refractivity contribution is -0.115. The first kappa shape index (κ1) is 14.3. The Morgan fingerprint density at radius 1 is 1.20 bits per heavy atom. The number of hydrogen-bond acceptors (Lipinski definition) is 2. The highest BCUT2D eigenvalue weighted by Crippen LogP contribution is 2.22. The van der Waals surface area contributed by atoms with Crippen molar-refractivity contribution in [1.82, 2.24) is 0 Å². The number of para-hydroxylation sites is 1. The Kier molecular flexibility index (Phi) is 4.53. The van der Waals surface area contributed by atoms with Crippen LogP contribution in [0.25, 0.3) is 0 Å². The maximum absolute atomic E-state index is 12.1. The number of rotatable bonds is 4. The first-order chi connectivity index (χ1) is 9.56. The van der Waals surface area contributed by atoms with E-state index in [1.54, 1.807) is 13.0 Å². The van der Waals surface area contributed by atoms with Crippen LogP contribution >= 0.6 is 0 Å². The molecule has 1 amide bonds. The number of aliphatic hydroxyl groups excluding tert-OH is 1. The molecule has 0 radical (unpaired) electrons. The number of anilines is 1. The highest BCUT2D eigenvalue weighted by atomic mass is 16.3. The fourth-order valence-corrected chi connectivity index (χ4v) is 2.18. The van der Waals surface area contributed by atoms with Crippen LogP contribution in [0.2, 0.25) is 0 Å². The smallest absolute Gasteiger partial charge is 0.228 e. The van der Waals surface area contributed by atoms with E-state index in [0.29, 0.717) is 12.1 Å². The summed E-state index contributed by atoms with van der Waals surface area (Å²) in [6, 6.07) is 15.2. The predicted molar refractivity (Wildman–Crippen MR) is 80.6 cm³/mol. The van der Waals surface area contributed by atoms with Crippen LogP contribution in [0.15, 0.2) is 48.5 Å². The minimum atomic E-state index is -0.606. The van der Waals surface area contributed by atoms with Gasteiger partial charge in [-0.15, -0.1) is 0 Å². The van der Waals surface area contributed by atoms with Crippen LogP contribution < -0.4 is 5.32 Å². The van der Waals surface area contributed by atoms with Crippen LogP contribution in [0, 0.1) is 6.92 Å². The predicted octanol–water partition coefficient (Wildman–Crippen LogP) is 3.23. The van der Waals surface area contributed by atoms with Crippen LogP contribution in [0.4, 0.5) is 5.69 Å². The second-order valence-electron chi connectivity index (χ2n) is 4.98. The number of amides is 1. The Balaban J connectivity index is 2.09. The average molecular weight is 269 g/mol. The van der Waals surface area contributed by atoms with Gasteiger partial charge in [0.25, 0.3) is 0 Å². The molecule has 0 aliphatic rings. The SMILES string of the molecule is Cc1cccc(CC(=O)Nc2ccccc2C(C)O)c1. The molecule has 1 unspecified atom stereocenters. The van der Waals surface area contributed by atoms with Crippen molar-refractivity contribution in [2.75, 3.05) is 5.32 Å². The van der Waals surface area contributed by atoms with Crippen molar-refractivity contribution in [3.8, 4) is 0 Å². The molecule has 0 saturated heterocycles. The number of nitrogens with one attached hydrogen (secondary N) is 1. The quantitative estimate of drug-likeness (QED) is 0.895. The standard InChI is InChI=1S/C17H19NO2/c1-12-6-5-7-14(10-12)11-17(20)18-16-9-4-3-8-15(16)13(2)19/h3-10,13,19H,11H2,1-2H3,(H,18,20). The van der Waals surface area contributed by atoms with E-state index < -0.39 is 6.10 Å². The molecule has 0 heterocycles. The van der Waals surface area contributed by atoms with Gasteiger partial charge in [-0.05, 0) is 25.5 Å². The van der Waals surface area contributed by atoms with Crippen molar-refractivity contribution in [1.29, 1.82) is 0 Å². The van der Waals surface area contributed by atoms with Gasteiger partial charge >= 0.3 is 0 Å². The van der Waals surface area contributed by atoms with E-state index in [4.69, 9.17) is 0 Å². The molecule has 0 bridgehead atoms. The number of carbonyl (C=O) groups is 1. The van der Waals surface area contributed by atoms with E-state index in [1.165, 1.54) is 0 Å². The second-order valence-corrected chi connectivity index (χ2v) is 4.98. The van der Waals surface area contributed by atoms with Crippen molar-refractivity contribution < 1.29 is 9.90 Å². The maximum atomic E-state index is 12.1. The van der Waals surface area contributed by atoms with E-state index in [1.807, 2.05) is 49.4 Å². The molecule has 2 aromatic carbocycles. The third-order valence-corrected chi connectivity index (χ3v) is 3.13. The highest BCUT2D eigenvalue weighted by molar-refractivity contribution is 5.93. The molecule has 20 heavy (non-hydrogen) atoms. The number of carbonyl (C=O) groups excluding carboxylic acids is 1. The normalized spacial score (nSPS) is 11.9. The fraction of sp³-hybridized carbons (Fsp3) is 0.235. The summed E-state index contributed by atoms with van der Waals surface area (Å²) in [7, 11) is 0. The van der Waals surface area contributed by atoms with Crippen molar-refractivity contribution in [3.05, 3.63) is 65.2 Å². The van der Waals surface area contributed by atoms with Gasteiger partial charge in [-0.2, -0.15) is 0 Å². The third-order valence-electron chi connectivity index (χ3n) is 3.13. The molecule has 0 fully saturated rings. The summed E-state index contributed by atoms with van der Waals surface area (Å²) in [5.74, 6) is -0.0799. The molecule has 104 valence electrons. The van der Waals surface area contributed by atoms with Crippen LogP contribution in [-0.4, -0.2) is 11.0 Å². The largest absolute Gasteiger partial charge is 0.389 e. The van der Waals surface area contributed by atoms with Gasteiger partial charge in [0.1, 0.15) is 0 Å². The van der Waals surface area contributed by atoms with Gasteiger partial charge in [-0.1, -0.05) is 48.0 Å². The van der Waals surface area contributed by atoms with Gasteiger partial charge in [0, 0.05) is 11.3 Å². The van der Waals surface area contributed by atoms with E-state index in [0.717, 1.165) is 16.7 Å². The zero-order chi connectivity index (χ0) is 14.5. The van der Waals surface area contributed by atoms with E-state index in [-0.39, 0.29) is 5.91 Å². The Bertz CT molecular complexity index is 605. The fourth-order valence-electron chi connectivity index (χ4n) is 2.18. The molecule has 0 saturated carbocycles. The van der Waals surface area contributed by atoms with Gasteiger partial charge in [-0.25, -0.2) is 0 Å². The summed E-state index contributed by atoms with van der Waals surface area (Å²) in [5, 5.41) is 12.6. The first-order valence-electron chi connectivity index (χ1n) is 6.68. The number of aryl methyl sites for hydroxylation is 1. The molecule has 2 N–H and O–H groups in total. The van der Waals surface area contributed by atoms with Gasteiger partial charge in [0.15, 0.2) is 0 Å². The van der Waals surface area contributed by atoms with Crippen LogP contribution in [0.1, 0.15) is 29.7 Å². The summed E-state index contributed by atoms with van der Waals surface area (Å²) in [5.41, 5.74) is 3.52. The molecule has 2 rings (SSSR count). The molecule has 2 aromatic rings. The minimum Gasteiger partial charge on any atom is -0.389 e. The molecule has 3 nitrogen and oxygen atoms in total. The molecule has 0 aromatic heterocycles. The maximum Gasteiger partial charge on any atom is 0.228 e. The average Bonchev–Trinajstić information content (AvgIpc) is 2.38. The van der Waals surface area contributed by atoms with Gasteiger partial charge in [-0.3, -0.25) is 4.79 Å². The topological polar surface area (TPSA) is 49.3 Å². The minimum absolute atomic E-state index is 0.0799. The molecule has 0 spiro atoms. The van der Waals surface area contributed by atoms with Crippen LogP contribution in [0.3, 0.4) is 0 Å². The van der Waals surface area contributed by atoms with E-state index >= 15 is 0 Å². The van der Waals surface area contributed by atoms with Gasteiger partial charge in [0.2, 0.25) is 5.91 Å². The van der Waals surface area contributed by atoms with Gasteiger partial charge in [0.05, 0.1) is 12.5 Å². The van der Waals surface area contributed by atoms with Crippen molar-refractivity contribution in [2.24, 2.45) is 0 Å². The summed E-state index contributed by atoms with van der Waals surface area (Å²) >= 11 is 0. The lowest BCUT2D eigenvalue weighted by Gasteiger charge is -2.13. The zero-order valence-electron chi connectivity index (χ0n) is 11.8. The summed E-state index contributed by atoms with van der Waals surface area (Å²) in [6.07, 6.45) is -0.277.